The molecule has 1 aromatic rings. The van der Waals surface area contributed by atoms with E-state index in [1.54, 1.807) is 18.9 Å². The molecular formula is C10H17NO2S. The van der Waals surface area contributed by atoms with Gasteiger partial charge < -0.3 is 14.5 Å². The molecule has 4 heteroatoms. The van der Waals surface area contributed by atoms with Gasteiger partial charge in [0.25, 0.3) is 0 Å². The first-order valence-corrected chi connectivity index (χ1v) is 6.02. The van der Waals surface area contributed by atoms with Crippen LogP contribution < -0.4 is 5.32 Å². The maximum absolute atomic E-state index is 5.58. The standard InChI is InChI=1S/C10H17NO2S/c1-12-6-5-11-7-9-3-4-10(13-9)8-14-2/h3-4,11H,5-8H2,1-2H3. The normalized spacial score (nSPS) is 10.7. The van der Waals surface area contributed by atoms with Crippen LogP contribution in [0.4, 0.5) is 0 Å². The molecule has 0 saturated carbocycles. The molecule has 0 aliphatic carbocycles. The predicted octanol–water partition coefficient (Wildman–Crippen LogP) is 1.88. The Kier molecular flexibility index (Phi) is 5.75. The van der Waals surface area contributed by atoms with Gasteiger partial charge in [0.15, 0.2) is 0 Å². The second-order valence-electron chi connectivity index (χ2n) is 2.97. The third-order valence-electron chi connectivity index (χ3n) is 1.79. The van der Waals surface area contributed by atoms with Gasteiger partial charge in [-0.2, -0.15) is 11.8 Å². The van der Waals surface area contributed by atoms with Gasteiger partial charge in [0.1, 0.15) is 11.5 Å². The van der Waals surface area contributed by atoms with Crippen LogP contribution in [-0.2, 0) is 17.0 Å². The molecule has 0 spiro atoms. The molecule has 1 aromatic heterocycles. The average molecular weight is 215 g/mol. The molecule has 0 radical (unpaired) electrons. The molecule has 0 unspecified atom stereocenters. The van der Waals surface area contributed by atoms with Crippen LogP contribution in [0, 0.1) is 0 Å². The lowest BCUT2D eigenvalue weighted by molar-refractivity contribution is 0.198. The summed E-state index contributed by atoms with van der Waals surface area (Å²) in [5, 5.41) is 3.23. The van der Waals surface area contributed by atoms with Crippen LogP contribution in [0.1, 0.15) is 11.5 Å². The third-order valence-corrected chi connectivity index (χ3v) is 2.36. The summed E-state index contributed by atoms with van der Waals surface area (Å²) in [6.07, 6.45) is 2.07. The summed E-state index contributed by atoms with van der Waals surface area (Å²) in [6, 6.07) is 4.05. The molecule has 1 N–H and O–H groups in total. The van der Waals surface area contributed by atoms with Crippen LogP contribution in [0.3, 0.4) is 0 Å². The van der Waals surface area contributed by atoms with E-state index in [2.05, 4.69) is 11.6 Å². The lowest BCUT2D eigenvalue weighted by atomic mass is 10.4. The molecule has 1 heterocycles. The predicted molar refractivity (Wildman–Crippen MR) is 59.5 cm³/mol. The van der Waals surface area contributed by atoms with Gasteiger partial charge in [-0.1, -0.05) is 0 Å². The van der Waals surface area contributed by atoms with Crippen LogP contribution in [0.2, 0.25) is 0 Å². The van der Waals surface area contributed by atoms with E-state index >= 15 is 0 Å². The summed E-state index contributed by atoms with van der Waals surface area (Å²) in [7, 11) is 1.70. The molecule has 0 aromatic carbocycles. The maximum Gasteiger partial charge on any atom is 0.118 e. The highest BCUT2D eigenvalue weighted by molar-refractivity contribution is 7.97. The number of hydrogen-bond donors (Lipinski definition) is 1. The van der Waals surface area contributed by atoms with Crippen LogP contribution in [0.25, 0.3) is 0 Å². The molecule has 0 aliphatic heterocycles. The molecule has 1 rings (SSSR count). The minimum atomic E-state index is 0.735. The number of furan rings is 1. The van der Waals surface area contributed by atoms with Gasteiger partial charge in [0, 0.05) is 13.7 Å². The Balaban J connectivity index is 2.22. The Labute approximate surface area is 89.2 Å². The average Bonchev–Trinajstić information content (AvgIpc) is 2.61. The summed E-state index contributed by atoms with van der Waals surface area (Å²) >= 11 is 1.77. The number of rotatable bonds is 7. The first kappa shape index (κ1) is 11.6. The van der Waals surface area contributed by atoms with Crippen molar-refractivity contribution in [1.82, 2.24) is 5.32 Å². The highest BCUT2D eigenvalue weighted by Gasteiger charge is 2.00. The molecule has 0 saturated heterocycles. The van der Waals surface area contributed by atoms with Crippen molar-refractivity contribution in [2.45, 2.75) is 12.3 Å². The fraction of sp³-hybridized carbons (Fsp3) is 0.600. The van der Waals surface area contributed by atoms with Gasteiger partial charge in [-0.25, -0.2) is 0 Å². The largest absolute Gasteiger partial charge is 0.464 e. The zero-order valence-corrected chi connectivity index (χ0v) is 9.52. The van der Waals surface area contributed by atoms with E-state index in [-0.39, 0.29) is 0 Å². The van der Waals surface area contributed by atoms with E-state index in [9.17, 15) is 0 Å². The van der Waals surface area contributed by atoms with Crippen LogP contribution in [0.15, 0.2) is 16.5 Å². The van der Waals surface area contributed by atoms with E-state index in [0.717, 1.165) is 37.0 Å². The Morgan fingerprint density at radius 3 is 2.93 bits per heavy atom. The minimum absolute atomic E-state index is 0.735. The van der Waals surface area contributed by atoms with E-state index < -0.39 is 0 Å². The van der Waals surface area contributed by atoms with Crippen LogP contribution >= 0.6 is 11.8 Å². The quantitative estimate of drug-likeness (QED) is 0.704. The molecule has 3 nitrogen and oxygen atoms in total. The molecule has 14 heavy (non-hydrogen) atoms. The second kappa shape index (κ2) is 6.92. The molecule has 0 amide bonds. The van der Waals surface area contributed by atoms with Crippen molar-refractivity contribution in [3.63, 3.8) is 0 Å². The van der Waals surface area contributed by atoms with Gasteiger partial charge >= 0.3 is 0 Å². The molecular weight excluding hydrogens is 198 g/mol. The molecule has 80 valence electrons. The van der Waals surface area contributed by atoms with Crippen LogP contribution in [-0.4, -0.2) is 26.5 Å². The van der Waals surface area contributed by atoms with Gasteiger partial charge in [-0.05, 0) is 18.4 Å². The topological polar surface area (TPSA) is 34.4 Å². The fourth-order valence-electron chi connectivity index (χ4n) is 1.12. The Bertz CT molecular complexity index is 250. The summed E-state index contributed by atoms with van der Waals surface area (Å²) in [4.78, 5) is 0. The number of methoxy groups -OCH3 is 1. The minimum Gasteiger partial charge on any atom is -0.464 e. The summed E-state index contributed by atoms with van der Waals surface area (Å²) in [6.45, 7) is 2.37. The number of hydrogen-bond acceptors (Lipinski definition) is 4. The molecule has 0 fully saturated rings. The van der Waals surface area contributed by atoms with Crippen molar-refractivity contribution in [2.24, 2.45) is 0 Å². The van der Waals surface area contributed by atoms with Gasteiger partial charge in [-0.3, -0.25) is 0 Å². The zero-order valence-electron chi connectivity index (χ0n) is 8.71. The van der Waals surface area contributed by atoms with Crippen LogP contribution in [0.5, 0.6) is 0 Å². The van der Waals surface area contributed by atoms with Gasteiger partial charge in [0.2, 0.25) is 0 Å². The van der Waals surface area contributed by atoms with E-state index in [0.29, 0.717) is 0 Å². The monoisotopic (exact) mass is 215 g/mol. The first-order valence-electron chi connectivity index (χ1n) is 4.63. The van der Waals surface area contributed by atoms with Crippen molar-refractivity contribution in [2.75, 3.05) is 26.5 Å². The van der Waals surface area contributed by atoms with E-state index in [4.69, 9.17) is 9.15 Å². The smallest absolute Gasteiger partial charge is 0.118 e. The number of thioether (sulfide) groups is 1. The Morgan fingerprint density at radius 2 is 2.21 bits per heavy atom. The van der Waals surface area contributed by atoms with Crippen molar-refractivity contribution < 1.29 is 9.15 Å². The van der Waals surface area contributed by atoms with Crippen molar-refractivity contribution in [1.29, 1.82) is 0 Å². The SMILES string of the molecule is COCCNCc1ccc(CSC)o1. The van der Waals surface area contributed by atoms with Gasteiger partial charge in [0.05, 0.1) is 18.9 Å². The first-order chi connectivity index (χ1) is 6.86. The highest BCUT2D eigenvalue weighted by Crippen LogP contribution is 2.12. The molecule has 0 aliphatic rings. The lowest BCUT2D eigenvalue weighted by Gasteiger charge is -2.00. The second-order valence-corrected chi connectivity index (χ2v) is 3.84. The lowest BCUT2D eigenvalue weighted by Crippen LogP contribution is -2.18. The Hall–Kier alpha value is -0.450. The number of nitrogens with one attached hydrogen (secondary N) is 1. The van der Waals surface area contributed by atoms with E-state index in [1.807, 2.05) is 12.1 Å². The third kappa shape index (κ3) is 4.17. The van der Waals surface area contributed by atoms with Gasteiger partial charge in [-0.15, -0.1) is 0 Å². The molecule has 0 bridgehead atoms. The fourth-order valence-corrected chi connectivity index (χ4v) is 1.56. The highest BCUT2D eigenvalue weighted by atomic mass is 32.2. The summed E-state index contributed by atoms with van der Waals surface area (Å²) < 4.78 is 10.5. The summed E-state index contributed by atoms with van der Waals surface area (Å²) in [5.41, 5.74) is 0. The van der Waals surface area contributed by atoms with Crippen molar-refractivity contribution >= 4 is 11.8 Å². The molecule has 0 atom stereocenters. The maximum atomic E-state index is 5.58. The van der Waals surface area contributed by atoms with Crippen molar-refractivity contribution in [3.05, 3.63) is 23.7 Å². The van der Waals surface area contributed by atoms with E-state index in [1.165, 1.54) is 0 Å². The Morgan fingerprint density at radius 1 is 1.43 bits per heavy atom. The summed E-state index contributed by atoms with van der Waals surface area (Å²) in [5.74, 6) is 2.98. The number of ether oxygens (including phenoxy) is 1. The zero-order chi connectivity index (χ0) is 10.2. The van der Waals surface area contributed by atoms with Crippen molar-refractivity contribution in [3.8, 4) is 0 Å².